The van der Waals surface area contributed by atoms with E-state index in [2.05, 4.69) is 25.7 Å². The van der Waals surface area contributed by atoms with Gasteiger partial charge >= 0.3 is 0 Å². The van der Waals surface area contributed by atoms with Crippen molar-refractivity contribution in [1.29, 1.82) is 0 Å². The van der Waals surface area contributed by atoms with Crippen molar-refractivity contribution < 1.29 is 0 Å². The number of nitrogens with zero attached hydrogens (tertiary/aromatic N) is 1. The Kier molecular flexibility index (Phi) is 15.5. The van der Waals surface area contributed by atoms with Crippen molar-refractivity contribution in [2.75, 3.05) is 18.8 Å². The van der Waals surface area contributed by atoms with Gasteiger partial charge in [0.25, 0.3) is 0 Å². The summed E-state index contributed by atoms with van der Waals surface area (Å²) in [5.74, 6) is 1.13. The summed E-state index contributed by atoms with van der Waals surface area (Å²) >= 11 is 5.56. The predicted octanol–water partition coefficient (Wildman–Crippen LogP) is 6.14. The van der Waals surface area contributed by atoms with Crippen molar-refractivity contribution in [2.45, 2.75) is 72.1 Å². The van der Waals surface area contributed by atoms with Crippen LogP contribution < -0.4 is 0 Å². The molecule has 114 valence electrons. The van der Waals surface area contributed by atoms with E-state index in [9.17, 15) is 0 Å². The van der Waals surface area contributed by atoms with Crippen LogP contribution >= 0.6 is 33.8 Å². The van der Waals surface area contributed by atoms with Crippen molar-refractivity contribution >= 4 is 38.1 Å². The molecule has 1 nitrogen and oxygen atoms in total. The number of thiocarbonyl (C=S) groups is 1. The minimum absolute atomic E-state index is 1.10. The Hall–Kier alpha value is 0.590. The van der Waals surface area contributed by atoms with Crippen LogP contribution in [-0.4, -0.2) is 28.1 Å². The van der Waals surface area contributed by atoms with Gasteiger partial charge in [-0.15, -0.1) is 0 Å². The van der Waals surface area contributed by atoms with Crippen LogP contribution in [-0.2, 0) is 0 Å². The highest BCUT2D eigenvalue weighted by molar-refractivity contribution is 8.83. The minimum Gasteiger partial charge on any atom is -0.357 e. The summed E-state index contributed by atoms with van der Waals surface area (Å²) in [7, 11) is 3.65. The molecule has 0 saturated carbocycles. The summed E-state index contributed by atoms with van der Waals surface area (Å²) < 4.78 is 1.10. The second kappa shape index (κ2) is 15.0. The maximum absolute atomic E-state index is 5.56. The van der Waals surface area contributed by atoms with Gasteiger partial charge < -0.3 is 4.90 Å². The van der Waals surface area contributed by atoms with Crippen molar-refractivity contribution in [2.24, 2.45) is 0 Å². The zero-order valence-corrected chi connectivity index (χ0v) is 15.4. The highest BCUT2D eigenvalue weighted by atomic mass is 33.1. The Balaban J connectivity index is 3.94. The highest BCUT2D eigenvalue weighted by Gasteiger charge is 2.09. The number of rotatable bonds is 12. The second-order valence-corrected chi connectivity index (χ2v) is 8.08. The summed E-state index contributed by atoms with van der Waals surface area (Å²) in [6.45, 7) is 9.03. The molecular formula is C15H31NS3. The van der Waals surface area contributed by atoms with E-state index >= 15 is 0 Å². The molecule has 0 radical (unpaired) electrons. The maximum atomic E-state index is 5.56. The quantitative estimate of drug-likeness (QED) is 0.241. The van der Waals surface area contributed by atoms with Gasteiger partial charge in [0.15, 0.2) is 0 Å². The third kappa shape index (κ3) is 12.1. The number of unbranched alkanes of at least 4 members (excludes halogenated alkanes) is 6. The van der Waals surface area contributed by atoms with Gasteiger partial charge in [0.1, 0.15) is 4.32 Å². The van der Waals surface area contributed by atoms with E-state index in [-0.39, 0.29) is 0 Å². The molecule has 0 aromatic carbocycles. The molecule has 0 aromatic heterocycles. The summed E-state index contributed by atoms with van der Waals surface area (Å²) in [6, 6.07) is 0. The topological polar surface area (TPSA) is 3.24 Å². The summed E-state index contributed by atoms with van der Waals surface area (Å²) in [4.78, 5) is 2.44. The van der Waals surface area contributed by atoms with Crippen molar-refractivity contribution in [3.63, 3.8) is 0 Å². The fourth-order valence-corrected chi connectivity index (χ4v) is 4.01. The summed E-state index contributed by atoms with van der Waals surface area (Å²) in [6.07, 6.45) is 10.6. The second-order valence-electron chi connectivity index (χ2n) is 4.86. The first-order valence-corrected chi connectivity index (χ1v) is 10.6. The smallest absolute Gasteiger partial charge is 0.147 e. The molecule has 0 bridgehead atoms. The Bertz CT molecular complexity index is 198. The van der Waals surface area contributed by atoms with Crippen LogP contribution in [0.5, 0.6) is 0 Å². The zero-order chi connectivity index (χ0) is 14.3. The zero-order valence-electron chi connectivity index (χ0n) is 13.0. The Labute approximate surface area is 134 Å². The van der Waals surface area contributed by atoms with E-state index < -0.39 is 0 Å². The van der Waals surface area contributed by atoms with Gasteiger partial charge in [-0.3, -0.25) is 0 Å². The van der Waals surface area contributed by atoms with Gasteiger partial charge in [-0.25, -0.2) is 0 Å². The monoisotopic (exact) mass is 321 g/mol. The van der Waals surface area contributed by atoms with Crippen LogP contribution in [0.1, 0.15) is 72.1 Å². The van der Waals surface area contributed by atoms with Gasteiger partial charge in [-0.05, 0) is 23.6 Å². The Morgan fingerprint density at radius 2 is 1.37 bits per heavy atom. The van der Waals surface area contributed by atoms with Crippen LogP contribution in [0, 0.1) is 0 Å². The number of hydrogen-bond acceptors (Lipinski definition) is 3. The Morgan fingerprint density at radius 1 is 0.842 bits per heavy atom. The average Bonchev–Trinajstić information content (AvgIpc) is 2.43. The van der Waals surface area contributed by atoms with Crippen LogP contribution in [0.2, 0.25) is 0 Å². The third-order valence-corrected chi connectivity index (χ3v) is 6.18. The van der Waals surface area contributed by atoms with Gasteiger partial charge in [0, 0.05) is 18.8 Å². The summed E-state index contributed by atoms with van der Waals surface area (Å²) in [5.41, 5.74) is 0. The van der Waals surface area contributed by atoms with Crippen molar-refractivity contribution in [3.05, 3.63) is 0 Å². The van der Waals surface area contributed by atoms with Gasteiger partial charge in [-0.2, -0.15) is 0 Å². The fraction of sp³-hybridized carbons (Fsp3) is 0.933. The van der Waals surface area contributed by atoms with Gasteiger partial charge in [-0.1, -0.05) is 82.3 Å². The lowest BCUT2D eigenvalue weighted by atomic mass is 10.2. The highest BCUT2D eigenvalue weighted by Crippen LogP contribution is 2.25. The van der Waals surface area contributed by atoms with E-state index in [4.69, 9.17) is 12.2 Å². The van der Waals surface area contributed by atoms with Crippen molar-refractivity contribution in [1.82, 2.24) is 4.90 Å². The molecule has 0 unspecified atom stereocenters. The lowest BCUT2D eigenvalue weighted by Crippen LogP contribution is -2.29. The first-order chi connectivity index (χ1) is 9.26. The largest absolute Gasteiger partial charge is 0.357 e. The van der Waals surface area contributed by atoms with E-state index in [0.717, 1.165) is 23.2 Å². The van der Waals surface area contributed by atoms with E-state index in [1.165, 1.54) is 51.4 Å². The lowest BCUT2D eigenvalue weighted by molar-refractivity contribution is 0.398. The molecule has 0 amide bonds. The molecule has 0 aromatic rings. The molecule has 0 heterocycles. The molecule has 0 saturated heterocycles. The van der Waals surface area contributed by atoms with E-state index in [1.54, 1.807) is 10.8 Å². The third-order valence-electron chi connectivity index (χ3n) is 3.07. The first-order valence-electron chi connectivity index (χ1n) is 7.84. The molecule has 0 N–H and O–H groups in total. The molecular weight excluding hydrogens is 290 g/mol. The summed E-state index contributed by atoms with van der Waals surface area (Å²) in [5, 5.41) is 0. The first kappa shape index (κ1) is 19.6. The van der Waals surface area contributed by atoms with Crippen LogP contribution in [0.3, 0.4) is 0 Å². The van der Waals surface area contributed by atoms with Gasteiger partial charge in [0.05, 0.1) is 0 Å². The molecule has 0 aliphatic carbocycles. The molecule has 4 heteroatoms. The van der Waals surface area contributed by atoms with Crippen LogP contribution in [0.25, 0.3) is 0 Å². The minimum atomic E-state index is 1.10. The molecule has 0 aliphatic rings. The predicted molar refractivity (Wildman–Crippen MR) is 98.2 cm³/mol. The van der Waals surface area contributed by atoms with Gasteiger partial charge in [0.2, 0.25) is 0 Å². The molecule has 0 atom stereocenters. The van der Waals surface area contributed by atoms with Crippen LogP contribution in [0.15, 0.2) is 0 Å². The lowest BCUT2D eigenvalue weighted by Gasteiger charge is -2.24. The average molecular weight is 322 g/mol. The standard InChI is InChI=1S/C15H31NS3/c1-4-7-9-11-13-16(14-12-10-8-5-2)15(17)19-18-6-3/h4-14H2,1-3H3. The van der Waals surface area contributed by atoms with Crippen molar-refractivity contribution in [3.8, 4) is 0 Å². The normalized spacial score (nSPS) is 10.7. The molecule has 0 rings (SSSR count). The Morgan fingerprint density at radius 3 is 1.79 bits per heavy atom. The van der Waals surface area contributed by atoms with E-state index in [1.807, 2.05) is 10.8 Å². The van der Waals surface area contributed by atoms with Crippen LogP contribution in [0.4, 0.5) is 0 Å². The van der Waals surface area contributed by atoms with E-state index in [0.29, 0.717) is 0 Å². The molecule has 0 aliphatic heterocycles. The molecule has 0 spiro atoms. The SMILES string of the molecule is CCCCCCN(CCCCCC)C(=S)SSCC. The molecule has 0 fully saturated rings. The molecule has 19 heavy (non-hydrogen) atoms. The maximum Gasteiger partial charge on any atom is 0.147 e. The fourth-order valence-electron chi connectivity index (χ4n) is 1.92. The number of hydrogen-bond donors (Lipinski definition) is 0.